The molecule has 0 saturated heterocycles. The van der Waals surface area contributed by atoms with Crippen LogP contribution in [0.2, 0.25) is 0 Å². The molecule has 2 aromatic carbocycles. The molecule has 5 heteroatoms. The first-order valence-corrected chi connectivity index (χ1v) is 7.35. The number of methoxy groups -OCH3 is 2. The van der Waals surface area contributed by atoms with Gasteiger partial charge in [0.2, 0.25) is 0 Å². The van der Waals surface area contributed by atoms with Crippen molar-refractivity contribution >= 4 is 11.6 Å². The Morgan fingerprint density at radius 1 is 1.00 bits per heavy atom. The normalized spacial score (nSPS) is 10.1. The summed E-state index contributed by atoms with van der Waals surface area (Å²) in [5, 5.41) is 2.87. The first-order valence-electron chi connectivity index (χ1n) is 7.35. The summed E-state index contributed by atoms with van der Waals surface area (Å²) >= 11 is 0. The molecule has 1 N–H and O–H groups in total. The molecule has 0 unspecified atom stereocenters. The number of hydrogen-bond donors (Lipinski definition) is 1. The van der Waals surface area contributed by atoms with Gasteiger partial charge < -0.3 is 19.5 Å². The number of aryl methyl sites for hydroxylation is 1. The molecule has 1 amide bonds. The van der Waals surface area contributed by atoms with Crippen molar-refractivity contribution in [3.05, 3.63) is 47.5 Å². The molecule has 0 saturated carbocycles. The van der Waals surface area contributed by atoms with Gasteiger partial charge in [-0.15, -0.1) is 0 Å². The molecule has 0 aliphatic rings. The molecule has 0 bridgehead atoms. The van der Waals surface area contributed by atoms with E-state index in [0.29, 0.717) is 35.1 Å². The summed E-state index contributed by atoms with van der Waals surface area (Å²) in [5.41, 5.74) is 2.15. The first kappa shape index (κ1) is 16.7. The third kappa shape index (κ3) is 3.94. The number of carbonyl (C=O) groups excluding carboxylic acids is 1. The van der Waals surface area contributed by atoms with E-state index in [0.717, 1.165) is 5.56 Å². The van der Waals surface area contributed by atoms with Crippen molar-refractivity contribution in [3.63, 3.8) is 0 Å². The molecule has 0 aromatic heterocycles. The fourth-order valence-corrected chi connectivity index (χ4v) is 2.20. The van der Waals surface area contributed by atoms with Gasteiger partial charge in [-0.1, -0.05) is 6.07 Å². The molecule has 5 nitrogen and oxygen atoms in total. The Kier molecular flexibility index (Phi) is 5.46. The minimum atomic E-state index is -0.238. The van der Waals surface area contributed by atoms with Crippen LogP contribution in [0.25, 0.3) is 0 Å². The smallest absolute Gasteiger partial charge is 0.255 e. The number of benzene rings is 2. The third-order valence-electron chi connectivity index (χ3n) is 3.33. The Hall–Kier alpha value is -2.69. The monoisotopic (exact) mass is 315 g/mol. The van der Waals surface area contributed by atoms with Crippen molar-refractivity contribution in [2.45, 2.75) is 13.8 Å². The largest absolute Gasteiger partial charge is 0.495 e. The van der Waals surface area contributed by atoms with Crippen LogP contribution in [0.15, 0.2) is 36.4 Å². The van der Waals surface area contributed by atoms with Crippen molar-refractivity contribution in [1.29, 1.82) is 0 Å². The van der Waals surface area contributed by atoms with Crippen LogP contribution in [-0.4, -0.2) is 26.7 Å². The maximum atomic E-state index is 12.5. The second kappa shape index (κ2) is 7.54. The van der Waals surface area contributed by atoms with Crippen LogP contribution in [0.1, 0.15) is 22.8 Å². The van der Waals surface area contributed by atoms with Gasteiger partial charge in [0, 0.05) is 5.56 Å². The van der Waals surface area contributed by atoms with Crippen LogP contribution in [0.3, 0.4) is 0 Å². The van der Waals surface area contributed by atoms with Crippen molar-refractivity contribution in [1.82, 2.24) is 0 Å². The van der Waals surface area contributed by atoms with Gasteiger partial charge in [0.25, 0.3) is 5.91 Å². The Morgan fingerprint density at radius 3 is 2.35 bits per heavy atom. The topological polar surface area (TPSA) is 56.8 Å². The summed E-state index contributed by atoms with van der Waals surface area (Å²) in [7, 11) is 3.14. The fraction of sp³-hybridized carbons (Fsp3) is 0.278. The number of carbonyl (C=O) groups is 1. The van der Waals surface area contributed by atoms with E-state index in [-0.39, 0.29) is 5.91 Å². The van der Waals surface area contributed by atoms with Gasteiger partial charge in [0.05, 0.1) is 26.5 Å². The van der Waals surface area contributed by atoms with E-state index in [4.69, 9.17) is 14.2 Å². The SMILES string of the molecule is CCOc1cc(C(=O)Nc2cc(C)ccc2OC)ccc1OC. The molecule has 0 aliphatic heterocycles. The number of rotatable bonds is 6. The van der Waals surface area contributed by atoms with Crippen LogP contribution < -0.4 is 19.5 Å². The number of hydrogen-bond acceptors (Lipinski definition) is 4. The molecular weight excluding hydrogens is 294 g/mol. The van der Waals surface area contributed by atoms with E-state index >= 15 is 0 Å². The highest BCUT2D eigenvalue weighted by Crippen LogP contribution is 2.30. The molecule has 0 heterocycles. The lowest BCUT2D eigenvalue weighted by Crippen LogP contribution is -2.13. The Morgan fingerprint density at radius 2 is 1.70 bits per heavy atom. The maximum Gasteiger partial charge on any atom is 0.255 e. The van der Waals surface area contributed by atoms with Crippen molar-refractivity contribution in [3.8, 4) is 17.2 Å². The molecule has 23 heavy (non-hydrogen) atoms. The summed E-state index contributed by atoms with van der Waals surface area (Å²) < 4.78 is 16.0. The Bertz CT molecular complexity index is 697. The zero-order valence-electron chi connectivity index (χ0n) is 13.8. The lowest BCUT2D eigenvalue weighted by Gasteiger charge is -2.13. The molecule has 2 rings (SSSR count). The van der Waals surface area contributed by atoms with Crippen LogP contribution in [0, 0.1) is 6.92 Å². The van der Waals surface area contributed by atoms with E-state index in [9.17, 15) is 4.79 Å². The molecule has 0 aliphatic carbocycles. The lowest BCUT2D eigenvalue weighted by molar-refractivity contribution is 0.102. The van der Waals surface area contributed by atoms with Crippen LogP contribution in [0.5, 0.6) is 17.2 Å². The van der Waals surface area contributed by atoms with Gasteiger partial charge in [0.15, 0.2) is 11.5 Å². The predicted octanol–water partition coefficient (Wildman–Crippen LogP) is 3.66. The summed E-state index contributed by atoms with van der Waals surface area (Å²) in [6.45, 7) is 4.33. The highest BCUT2D eigenvalue weighted by molar-refractivity contribution is 6.05. The van der Waals surface area contributed by atoms with Crippen LogP contribution in [-0.2, 0) is 0 Å². The minimum Gasteiger partial charge on any atom is -0.495 e. The zero-order chi connectivity index (χ0) is 16.8. The molecule has 0 radical (unpaired) electrons. The lowest BCUT2D eigenvalue weighted by atomic mass is 10.1. The summed E-state index contributed by atoms with van der Waals surface area (Å²) in [4.78, 5) is 12.5. The van der Waals surface area contributed by atoms with E-state index in [1.54, 1.807) is 32.4 Å². The quantitative estimate of drug-likeness (QED) is 0.884. The van der Waals surface area contributed by atoms with Crippen LogP contribution in [0.4, 0.5) is 5.69 Å². The summed E-state index contributed by atoms with van der Waals surface area (Å²) in [5.74, 6) is 1.51. The average molecular weight is 315 g/mol. The second-order valence-electron chi connectivity index (χ2n) is 4.96. The van der Waals surface area contributed by atoms with Gasteiger partial charge in [-0.3, -0.25) is 4.79 Å². The number of amides is 1. The van der Waals surface area contributed by atoms with Crippen LogP contribution >= 0.6 is 0 Å². The number of anilines is 1. The maximum absolute atomic E-state index is 12.5. The highest BCUT2D eigenvalue weighted by Gasteiger charge is 2.13. The molecular formula is C18H21NO4. The van der Waals surface area contributed by atoms with Gasteiger partial charge in [-0.05, 0) is 49.7 Å². The molecule has 122 valence electrons. The van der Waals surface area contributed by atoms with Gasteiger partial charge >= 0.3 is 0 Å². The summed E-state index contributed by atoms with van der Waals surface area (Å²) in [6.07, 6.45) is 0. The van der Waals surface area contributed by atoms with E-state index in [2.05, 4.69) is 5.32 Å². The van der Waals surface area contributed by atoms with Gasteiger partial charge in [0.1, 0.15) is 5.75 Å². The molecule has 0 fully saturated rings. The van der Waals surface area contributed by atoms with E-state index in [1.807, 2.05) is 32.0 Å². The van der Waals surface area contributed by atoms with Crippen molar-refractivity contribution in [2.75, 3.05) is 26.1 Å². The standard InChI is InChI=1S/C18H21NO4/c1-5-23-17-11-13(7-9-16(17)22-4)18(20)19-14-10-12(2)6-8-15(14)21-3/h6-11H,5H2,1-4H3,(H,19,20). The third-order valence-corrected chi connectivity index (χ3v) is 3.33. The van der Waals surface area contributed by atoms with Crippen molar-refractivity contribution < 1.29 is 19.0 Å². The number of nitrogens with one attached hydrogen (secondary N) is 1. The second-order valence-corrected chi connectivity index (χ2v) is 4.96. The number of ether oxygens (including phenoxy) is 3. The zero-order valence-corrected chi connectivity index (χ0v) is 13.8. The minimum absolute atomic E-state index is 0.238. The van der Waals surface area contributed by atoms with Gasteiger partial charge in [-0.2, -0.15) is 0 Å². The average Bonchev–Trinajstić information content (AvgIpc) is 2.55. The Labute approximate surface area is 136 Å². The first-order chi connectivity index (χ1) is 11.1. The van der Waals surface area contributed by atoms with Gasteiger partial charge in [-0.25, -0.2) is 0 Å². The summed E-state index contributed by atoms with van der Waals surface area (Å²) in [6, 6.07) is 10.7. The predicted molar refractivity (Wildman–Crippen MR) is 89.8 cm³/mol. The molecule has 0 atom stereocenters. The van der Waals surface area contributed by atoms with Crippen molar-refractivity contribution in [2.24, 2.45) is 0 Å². The van der Waals surface area contributed by atoms with E-state index in [1.165, 1.54) is 0 Å². The molecule has 2 aromatic rings. The highest BCUT2D eigenvalue weighted by atomic mass is 16.5. The fourth-order valence-electron chi connectivity index (χ4n) is 2.20. The Balaban J connectivity index is 2.27. The molecule has 0 spiro atoms. The van der Waals surface area contributed by atoms with E-state index < -0.39 is 0 Å².